The minimum Gasteiger partial charge on any atom is -0.479 e. The normalized spacial score (nSPS) is 11.0. The van der Waals surface area contributed by atoms with Crippen LogP contribution in [-0.4, -0.2) is 18.6 Å². The molecule has 1 amide bonds. The molecule has 5 heteroatoms. The van der Waals surface area contributed by atoms with E-state index in [0.29, 0.717) is 17.1 Å². The molecule has 0 fully saturated rings. The van der Waals surface area contributed by atoms with E-state index in [-0.39, 0.29) is 25.1 Å². The second-order valence-corrected chi connectivity index (χ2v) is 4.92. The van der Waals surface area contributed by atoms with Gasteiger partial charge in [0.05, 0.1) is 11.9 Å². The Morgan fingerprint density at radius 2 is 2.05 bits per heavy atom. The molecule has 0 saturated heterocycles. The van der Waals surface area contributed by atoms with Gasteiger partial charge in [-0.25, -0.2) is 0 Å². The van der Waals surface area contributed by atoms with Crippen molar-refractivity contribution < 1.29 is 13.9 Å². The van der Waals surface area contributed by atoms with Crippen LogP contribution in [0.25, 0.3) is 11.0 Å². The number of hydrogen-bond donors (Lipinski definition) is 2. The molecule has 0 aliphatic heterocycles. The molecule has 0 aliphatic carbocycles. The van der Waals surface area contributed by atoms with Crippen LogP contribution in [-0.2, 0) is 11.3 Å². The lowest BCUT2D eigenvalue weighted by atomic mass is 10.2. The summed E-state index contributed by atoms with van der Waals surface area (Å²) in [6.45, 7) is 4.29. The molecule has 1 heterocycles. The molecular formula is C16H22N2O3. The number of carbonyl (C=O) groups excluding carboxylic acids is 1. The number of nitrogens with two attached hydrogens (primary N) is 1. The predicted octanol–water partition coefficient (Wildman–Crippen LogP) is 2.58. The van der Waals surface area contributed by atoms with Gasteiger partial charge in [-0.3, -0.25) is 4.79 Å². The van der Waals surface area contributed by atoms with Crippen molar-refractivity contribution >= 4 is 16.9 Å². The zero-order valence-electron chi connectivity index (χ0n) is 12.5. The fourth-order valence-electron chi connectivity index (χ4n) is 2.26. The van der Waals surface area contributed by atoms with Crippen LogP contribution >= 0.6 is 0 Å². The molecule has 2 aromatic rings. The smallest absolute Gasteiger partial charge is 0.258 e. The Morgan fingerprint density at radius 3 is 2.71 bits per heavy atom. The summed E-state index contributed by atoms with van der Waals surface area (Å²) in [5.74, 6) is 0.997. The summed E-state index contributed by atoms with van der Waals surface area (Å²) in [6.07, 6.45) is 1.82. The Kier molecular flexibility index (Phi) is 5.22. The van der Waals surface area contributed by atoms with Gasteiger partial charge < -0.3 is 20.2 Å². The van der Waals surface area contributed by atoms with Gasteiger partial charge in [-0.1, -0.05) is 26.0 Å². The SMILES string of the molecule is CCC(CC)NC(=O)COc1c(CN)oc2ccccc12. The summed E-state index contributed by atoms with van der Waals surface area (Å²) < 4.78 is 11.3. The second-order valence-electron chi connectivity index (χ2n) is 4.92. The third kappa shape index (κ3) is 3.55. The van der Waals surface area contributed by atoms with Gasteiger partial charge in [0.25, 0.3) is 5.91 Å². The lowest BCUT2D eigenvalue weighted by molar-refractivity contribution is -0.123. The molecule has 0 radical (unpaired) electrons. The molecule has 0 unspecified atom stereocenters. The molecule has 1 aromatic heterocycles. The van der Waals surface area contributed by atoms with Crippen LogP contribution in [0, 0.1) is 0 Å². The van der Waals surface area contributed by atoms with Gasteiger partial charge in [-0.05, 0) is 25.0 Å². The van der Waals surface area contributed by atoms with E-state index in [9.17, 15) is 4.79 Å². The first-order chi connectivity index (χ1) is 10.2. The first-order valence-corrected chi connectivity index (χ1v) is 7.32. The maximum Gasteiger partial charge on any atom is 0.258 e. The molecule has 0 spiro atoms. The highest BCUT2D eigenvalue weighted by Gasteiger charge is 2.16. The first-order valence-electron chi connectivity index (χ1n) is 7.32. The van der Waals surface area contributed by atoms with Crippen molar-refractivity contribution in [1.29, 1.82) is 0 Å². The molecule has 5 nitrogen and oxygen atoms in total. The quantitative estimate of drug-likeness (QED) is 0.821. The summed E-state index contributed by atoms with van der Waals surface area (Å²) in [7, 11) is 0. The third-order valence-corrected chi connectivity index (χ3v) is 3.50. The van der Waals surface area contributed by atoms with Gasteiger partial charge in [-0.2, -0.15) is 0 Å². The molecule has 0 bridgehead atoms. The van der Waals surface area contributed by atoms with E-state index in [4.69, 9.17) is 14.9 Å². The maximum atomic E-state index is 11.9. The number of carbonyl (C=O) groups is 1. The maximum absolute atomic E-state index is 11.9. The number of nitrogens with one attached hydrogen (secondary N) is 1. The molecular weight excluding hydrogens is 268 g/mol. The zero-order valence-corrected chi connectivity index (χ0v) is 12.5. The van der Waals surface area contributed by atoms with E-state index in [2.05, 4.69) is 5.32 Å². The van der Waals surface area contributed by atoms with Gasteiger partial charge in [0.15, 0.2) is 18.1 Å². The summed E-state index contributed by atoms with van der Waals surface area (Å²) in [6, 6.07) is 7.72. The largest absolute Gasteiger partial charge is 0.479 e. The van der Waals surface area contributed by atoms with Crippen molar-refractivity contribution in [2.45, 2.75) is 39.3 Å². The molecule has 0 atom stereocenters. The Labute approximate surface area is 124 Å². The molecule has 0 saturated carbocycles. The number of para-hydroxylation sites is 1. The Hall–Kier alpha value is -2.01. The van der Waals surface area contributed by atoms with Gasteiger partial charge in [0.2, 0.25) is 0 Å². The van der Waals surface area contributed by atoms with Crippen molar-refractivity contribution in [1.82, 2.24) is 5.32 Å². The van der Waals surface area contributed by atoms with Crippen LogP contribution in [0.2, 0.25) is 0 Å². The van der Waals surface area contributed by atoms with E-state index >= 15 is 0 Å². The van der Waals surface area contributed by atoms with Crippen molar-refractivity contribution in [3.63, 3.8) is 0 Å². The van der Waals surface area contributed by atoms with Crippen molar-refractivity contribution in [2.75, 3.05) is 6.61 Å². The van der Waals surface area contributed by atoms with Crippen molar-refractivity contribution in [2.24, 2.45) is 5.73 Å². The first kappa shape index (κ1) is 15.4. The van der Waals surface area contributed by atoms with Crippen molar-refractivity contribution in [3.05, 3.63) is 30.0 Å². The van der Waals surface area contributed by atoms with E-state index in [1.807, 2.05) is 38.1 Å². The zero-order chi connectivity index (χ0) is 15.2. The number of benzene rings is 1. The number of rotatable bonds is 7. The fraction of sp³-hybridized carbons (Fsp3) is 0.438. The fourth-order valence-corrected chi connectivity index (χ4v) is 2.26. The number of furan rings is 1. The Bertz CT molecular complexity index is 603. The molecule has 2 rings (SSSR count). The van der Waals surface area contributed by atoms with Gasteiger partial charge >= 0.3 is 0 Å². The highest BCUT2D eigenvalue weighted by Crippen LogP contribution is 2.32. The van der Waals surface area contributed by atoms with E-state index in [1.165, 1.54) is 0 Å². The average Bonchev–Trinajstić information content (AvgIpc) is 2.88. The molecule has 21 heavy (non-hydrogen) atoms. The van der Waals surface area contributed by atoms with Gasteiger partial charge in [0, 0.05) is 6.04 Å². The second kappa shape index (κ2) is 7.13. The van der Waals surface area contributed by atoms with E-state index < -0.39 is 0 Å². The van der Waals surface area contributed by atoms with Crippen LogP contribution in [0.5, 0.6) is 5.75 Å². The molecule has 114 valence electrons. The van der Waals surface area contributed by atoms with Crippen LogP contribution in [0.1, 0.15) is 32.4 Å². The number of amides is 1. The lowest BCUT2D eigenvalue weighted by Gasteiger charge is -2.14. The summed E-state index contributed by atoms with van der Waals surface area (Å²) >= 11 is 0. The van der Waals surface area contributed by atoms with Gasteiger partial charge in [0.1, 0.15) is 5.58 Å². The monoisotopic (exact) mass is 290 g/mol. The Morgan fingerprint density at radius 1 is 1.33 bits per heavy atom. The average molecular weight is 290 g/mol. The molecule has 1 aromatic carbocycles. The lowest BCUT2D eigenvalue weighted by Crippen LogP contribution is -2.37. The molecule has 0 aliphatic rings. The minimum atomic E-state index is -0.128. The third-order valence-electron chi connectivity index (χ3n) is 3.50. The Balaban J connectivity index is 2.07. The van der Waals surface area contributed by atoms with Crippen LogP contribution < -0.4 is 15.8 Å². The standard InChI is InChI=1S/C16H22N2O3/c1-3-11(4-2)18-15(19)10-20-16-12-7-5-6-8-13(12)21-14(16)9-17/h5-8,11H,3-4,9-10,17H2,1-2H3,(H,18,19). The van der Waals surface area contributed by atoms with Crippen LogP contribution in [0.15, 0.2) is 28.7 Å². The number of hydrogen-bond acceptors (Lipinski definition) is 4. The summed E-state index contributed by atoms with van der Waals surface area (Å²) in [5, 5.41) is 3.78. The van der Waals surface area contributed by atoms with Gasteiger partial charge in [-0.15, -0.1) is 0 Å². The summed E-state index contributed by atoms with van der Waals surface area (Å²) in [4.78, 5) is 11.9. The van der Waals surface area contributed by atoms with E-state index in [1.54, 1.807) is 0 Å². The molecule has 3 N–H and O–H groups in total. The number of fused-ring (bicyclic) bond motifs is 1. The minimum absolute atomic E-state index is 0.0347. The van der Waals surface area contributed by atoms with Crippen LogP contribution in [0.3, 0.4) is 0 Å². The summed E-state index contributed by atoms with van der Waals surface area (Å²) in [5.41, 5.74) is 6.39. The van der Waals surface area contributed by atoms with Crippen molar-refractivity contribution in [3.8, 4) is 5.75 Å². The highest BCUT2D eigenvalue weighted by atomic mass is 16.5. The van der Waals surface area contributed by atoms with E-state index in [0.717, 1.165) is 18.2 Å². The topological polar surface area (TPSA) is 77.5 Å². The van der Waals surface area contributed by atoms with Crippen LogP contribution in [0.4, 0.5) is 0 Å². The predicted molar refractivity (Wildman–Crippen MR) is 82.1 cm³/mol. The number of ether oxygens (including phenoxy) is 1. The highest BCUT2D eigenvalue weighted by molar-refractivity contribution is 5.86.